The van der Waals surface area contributed by atoms with Crippen LogP contribution in [0.2, 0.25) is 0 Å². The topological polar surface area (TPSA) is 64.0 Å². The number of hydrogen-bond donors (Lipinski definition) is 0. The standard InChI is InChI=1S/C27H23N3O3S2/c1-17-8-11-19(12-9-17)34-16-22-20(14-18-10-13-23(32-2)24(15-18)33-3)26(31)30(29-22)27-28-21-6-4-5-7-25(21)35-27/h4-15H,16H2,1-3H3/b20-14-. The zero-order valence-corrected chi connectivity index (χ0v) is 21.2. The van der Waals surface area contributed by atoms with Crippen LogP contribution in [-0.2, 0) is 4.79 Å². The van der Waals surface area contributed by atoms with E-state index in [0.717, 1.165) is 20.7 Å². The van der Waals surface area contributed by atoms with Gasteiger partial charge in [-0.25, -0.2) is 4.98 Å². The van der Waals surface area contributed by atoms with Crippen molar-refractivity contribution in [1.29, 1.82) is 0 Å². The van der Waals surface area contributed by atoms with Gasteiger partial charge in [-0.15, -0.1) is 11.8 Å². The third-order valence-corrected chi connectivity index (χ3v) is 7.57. The Balaban J connectivity index is 1.51. The molecule has 4 aromatic rings. The highest BCUT2D eigenvalue weighted by Gasteiger charge is 2.33. The number of nitrogens with zero attached hydrogens (tertiary/aromatic N) is 3. The highest BCUT2D eigenvalue weighted by atomic mass is 32.2. The summed E-state index contributed by atoms with van der Waals surface area (Å²) in [5.41, 5.74) is 4.12. The normalized spacial score (nSPS) is 14.6. The molecule has 1 aliphatic rings. The van der Waals surface area contributed by atoms with E-state index in [1.807, 2.05) is 48.5 Å². The molecule has 0 spiro atoms. The quantitative estimate of drug-likeness (QED) is 0.223. The Hall–Kier alpha value is -3.62. The lowest BCUT2D eigenvalue weighted by atomic mass is 10.1. The van der Waals surface area contributed by atoms with E-state index in [9.17, 15) is 4.79 Å². The summed E-state index contributed by atoms with van der Waals surface area (Å²) in [6.45, 7) is 2.06. The molecule has 35 heavy (non-hydrogen) atoms. The highest BCUT2D eigenvalue weighted by Crippen LogP contribution is 2.35. The number of amides is 1. The SMILES string of the molecule is COc1ccc(/C=C2\C(=O)N(c3nc4ccccc4s3)N=C2CSc2ccc(C)cc2)cc1OC. The molecule has 0 unspecified atom stereocenters. The molecule has 0 aliphatic carbocycles. The lowest BCUT2D eigenvalue weighted by Gasteiger charge is -2.09. The fraction of sp³-hybridized carbons (Fsp3) is 0.148. The van der Waals surface area contributed by atoms with Crippen LogP contribution >= 0.6 is 23.1 Å². The van der Waals surface area contributed by atoms with Crippen molar-refractivity contribution in [1.82, 2.24) is 4.98 Å². The van der Waals surface area contributed by atoms with Gasteiger partial charge < -0.3 is 9.47 Å². The lowest BCUT2D eigenvalue weighted by Crippen LogP contribution is -2.21. The number of aromatic nitrogens is 1. The molecule has 2 heterocycles. The molecule has 0 fully saturated rings. The van der Waals surface area contributed by atoms with Gasteiger partial charge in [0.2, 0.25) is 5.13 Å². The first-order valence-corrected chi connectivity index (χ1v) is 12.8. The van der Waals surface area contributed by atoms with Crippen molar-refractivity contribution in [2.45, 2.75) is 11.8 Å². The second kappa shape index (κ2) is 9.93. The molecule has 0 atom stereocenters. The van der Waals surface area contributed by atoms with Crippen molar-refractivity contribution < 1.29 is 14.3 Å². The number of anilines is 1. The Morgan fingerprint density at radius 3 is 2.51 bits per heavy atom. The van der Waals surface area contributed by atoms with Crippen molar-refractivity contribution in [2.24, 2.45) is 5.10 Å². The maximum absolute atomic E-state index is 13.6. The Kier molecular flexibility index (Phi) is 6.57. The van der Waals surface area contributed by atoms with Crippen LogP contribution in [-0.4, -0.2) is 36.6 Å². The number of thioether (sulfide) groups is 1. The molecule has 1 aromatic heterocycles. The largest absolute Gasteiger partial charge is 0.493 e. The predicted octanol–water partition coefficient (Wildman–Crippen LogP) is 6.20. The third-order valence-electron chi connectivity index (χ3n) is 5.53. The van der Waals surface area contributed by atoms with Gasteiger partial charge in [0.05, 0.1) is 35.7 Å². The van der Waals surface area contributed by atoms with Crippen molar-refractivity contribution >= 4 is 56.1 Å². The maximum Gasteiger partial charge on any atom is 0.282 e. The van der Waals surface area contributed by atoms with Crippen molar-refractivity contribution in [3.05, 3.63) is 83.4 Å². The van der Waals surface area contributed by atoms with E-state index >= 15 is 0 Å². The summed E-state index contributed by atoms with van der Waals surface area (Å²) < 4.78 is 11.8. The number of thiazole rings is 1. The molecule has 0 bridgehead atoms. The lowest BCUT2D eigenvalue weighted by molar-refractivity contribution is -0.114. The number of rotatable bonds is 7. The van der Waals surface area contributed by atoms with Gasteiger partial charge in [0, 0.05) is 10.6 Å². The fourth-order valence-electron chi connectivity index (χ4n) is 3.68. The summed E-state index contributed by atoms with van der Waals surface area (Å²) in [7, 11) is 3.19. The van der Waals surface area contributed by atoms with E-state index in [2.05, 4.69) is 36.2 Å². The van der Waals surface area contributed by atoms with Crippen molar-refractivity contribution in [3.8, 4) is 11.5 Å². The summed E-state index contributed by atoms with van der Waals surface area (Å²) in [4.78, 5) is 19.3. The summed E-state index contributed by atoms with van der Waals surface area (Å²) in [6.07, 6.45) is 1.85. The Labute approximate surface area is 211 Å². The van der Waals surface area contributed by atoms with E-state index < -0.39 is 0 Å². The Morgan fingerprint density at radius 2 is 1.77 bits per heavy atom. The van der Waals surface area contributed by atoms with Crippen molar-refractivity contribution in [3.63, 3.8) is 0 Å². The summed E-state index contributed by atoms with van der Waals surface area (Å²) in [5, 5.41) is 6.70. The first kappa shape index (κ1) is 23.1. The van der Waals surface area contributed by atoms with E-state index in [4.69, 9.17) is 14.6 Å². The number of ether oxygens (including phenoxy) is 2. The molecule has 6 nitrogen and oxygen atoms in total. The molecule has 0 radical (unpaired) electrons. The van der Waals surface area contributed by atoms with Gasteiger partial charge >= 0.3 is 0 Å². The second-order valence-corrected chi connectivity index (χ2v) is 9.96. The monoisotopic (exact) mass is 501 g/mol. The molecule has 176 valence electrons. The molecule has 1 aliphatic heterocycles. The minimum atomic E-state index is -0.196. The first-order valence-electron chi connectivity index (χ1n) is 11.0. The molecule has 5 rings (SSSR count). The average Bonchev–Trinajstić information content (AvgIpc) is 3.44. The third kappa shape index (κ3) is 4.80. The second-order valence-electron chi connectivity index (χ2n) is 7.90. The Bertz CT molecular complexity index is 1430. The van der Waals surface area contributed by atoms with Gasteiger partial charge in [-0.05, 0) is 55.0 Å². The summed E-state index contributed by atoms with van der Waals surface area (Å²) in [6, 6.07) is 21.7. The zero-order chi connectivity index (χ0) is 24.4. The van der Waals surface area contributed by atoms with Gasteiger partial charge in [-0.3, -0.25) is 4.79 Å². The maximum atomic E-state index is 13.6. The van der Waals surface area contributed by atoms with Gasteiger partial charge in [0.25, 0.3) is 5.91 Å². The van der Waals surface area contributed by atoms with Crippen molar-refractivity contribution in [2.75, 3.05) is 25.0 Å². The van der Waals surface area contributed by atoms with E-state index in [0.29, 0.717) is 33.7 Å². The number of para-hydroxylation sites is 1. The van der Waals surface area contributed by atoms with Crippen LogP contribution in [0.4, 0.5) is 5.13 Å². The fourth-order valence-corrected chi connectivity index (χ4v) is 5.45. The number of hydrazone groups is 1. The molecular formula is C27H23N3O3S2. The number of aryl methyl sites for hydroxylation is 1. The number of hydrogen-bond acceptors (Lipinski definition) is 7. The smallest absolute Gasteiger partial charge is 0.282 e. The van der Waals surface area contributed by atoms with E-state index in [1.165, 1.54) is 21.9 Å². The van der Waals surface area contributed by atoms with Crippen LogP contribution in [0, 0.1) is 6.92 Å². The van der Waals surface area contributed by atoms with Crippen LogP contribution in [0.5, 0.6) is 11.5 Å². The Morgan fingerprint density at radius 1 is 1.00 bits per heavy atom. The number of carbonyl (C=O) groups excluding carboxylic acids is 1. The zero-order valence-electron chi connectivity index (χ0n) is 19.5. The molecule has 1 amide bonds. The molecular weight excluding hydrogens is 478 g/mol. The predicted molar refractivity (Wildman–Crippen MR) is 144 cm³/mol. The molecule has 0 saturated heterocycles. The minimum absolute atomic E-state index is 0.196. The van der Waals surface area contributed by atoms with Gasteiger partial charge in [0.15, 0.2) is 11.5 Å². The van der Waals surface area contributed by atoms with Crippen LogP contribution in [0.15, 0.2) is 82.3 Å². The van der Waals surface area contributed by atoms with E-state index in [-0.39, 0.29) is 5.91 Å². The van der Waals surface area contributed by atoms with Crippen LogP contribution < -0.4 is 14.5 Å². The van der Waals surface area contributed by atoms with Crippen LogP contribution in [0.3, 0.4) is 0 Å². The van der Waals surface area contributed by atoms with Crippen LogP contribution in [0.1, 0.15) is 11.1 Å². The molecule has 8 heteroatoms. The summed E-state index contributed by atoms with van der Waals surface area (Å²) >= 11 is 3.10. The number of methoxy groups -OCH3 is 2. The molecule has 0 saturated carbocycles. The average molecular weight is 502 g/mol. The highest BCUT2D eigenvalue weighted by molar-refractivity contribution is 8.00. The van der Waals surface area contributed by atoms with Gasteiger partial charge in [-0.2, -0.15) is 10.1 Å². The van der Waals surface area contributed by atoms with Crippen LogP contribution in [0.25, 0.3) is 16.3 Å². The molecule has 3 aromatic carbocycles. The minimum Gasteiger partial charge on any atom is -0.493 e. The van der Waals surface area contributed by atoms with E-state index in [1.54, 1.807) is 26.0 Å². The number of carbonyl (C=O) groups is 1. The first-order chi connectivity index (χ1) is 17.1. The number of benzene rings is 3. The molecule has 0 N–H and O–H groups in total. The van der Waals surface area contributed by atoms with Gasteiger partial charge in [0.1, 0.15) is 0 Å². The summed E-state index contributed by atoms with van der Waals surface area (Å²) in [5.74, 6) is 1.59. The number of fused-ring (bicyclic) bond motifs is 1. The van der Waals surface area contributed by atoms with Gasteiger partial charge in [-0.1, -0.05) is 47.2 Å².